The molecule has 0 radical (unpaired) electrons. The highest BCUT2D eigenvalue weighted by Gasteiger charge is 1.97. The first kappa shape index (κ1) is 9.89. The summed E-state index contributed by atoms with van der Waals surface area (Å²) < 4.78 is 17.4. The zero-order chi connectivity index (χ0) is 7.98. The highest BCUT2D eigenvalue weighted by atomic mass is 19.1. The molecule has 0 aliphatic rings. The molecule has 10 heavy (non-hydrogen) atoms. The van der Waals surface area contributed by atoms with Gasteiger partial charge in [-0.1, -0.05) is 0 Å². The first-order valence-electron chi connectivity index (χ1n) is 3.88. The molecular formula is C8H17FO. The van der Waals surface area contributed by atoms with Gasteiger partial charge >= 0.3 is 0 Å². The van der Waals surface area contributed by atoms with Gasteiger partial charge in [0.2, 0.25) is 0 Å². The Kier molecular flexibility index (Phi) is 5.60. The van der Waals surface area contributed by atoms with E-state index in [4.69, 9.17) is 4.74 Å². The molecule has 0 saturated heterocycles. The van der Waals surface area contributed by atoms with Crippen LogP contribution in [0.5, 0.6) is 0 Å². The maximum atomic E-state index is 12.2. The van der Waals surface area contributed by atoms with Crippen LogP contribution in [0.4, 0.5) is 4.39 Å². The van der Waals surface area contributed by atoms with Crippen molar-refractivity contribution < 1.29 is 9.13 Å². The van der Waals surface area contributed by atoms with E-state index in [1.165, 1.54) is 0 Å². The predicted molar refractivity (Wildman–Crippen MR) is 40.9 cm³/mol. The van der Waals surface area contributed by atoms with Crippen molar-refractivity contribution in [2.24, 2.45) is 0 Å². The smallest absolute Gasteiger partial charge is 0.0974 e. The van der Waals surface area contributed by atoms with Gasteiger partial charge in [0.05, 0.1) is 12.3 Å². The van der Waals surface area contributed by atoms with Gasteiger partial charge < -0.3 is 4.74 Å². The van der Waals surface area contributed by atoms with Gasteiger partial charge in [-0.15, -0.1) is 0 Å². The van der Waals surface area contributed by atoms with E-state index in [9.17, 15) is 4.39 Å². The monoisotopic (exact) mass is 148 g/mol. The molecule has 0 aromatic rings. The van der Waals surface area contributed by atoms with Gasteiger partial charge in [0.15, 0.2) is 0 Å². The quantitative estimate of drug-likeness (QED) is 0.544. The zero-order valence-corrected chi connectivity index (χ0v) is 7.06. The average molecular weight is 148 g/mol. The minimum atomic E-state index is -0.684. The maximum absolute atomic E-state index is 12.2. The van der Waals surface area contributed by atoms with Crippen molar-refractivity contribution in [3.8, 4) is 0 Å². The number of rotatable bonds is 5. The van der Waals surface area contributed by atoms with Crippen LogP contribution >= 0.6 is 0 Å². The molecular weight excluding hydrogens is 131 g/mol. The van der Waals surface area contributed by atoms with Gasteiger partial charge in [-0.05, 0) is 33.6 Å². The van der Waals surface area contributed by atoms with Crippen molar-refractivity contribution in [1.82, 2.24) is 0 Å². The van der Waals surface area contributed by atoms with Gasteiger partial charge in [0.25, 0.3) is 0 Å². The third-order valence-electron chi connectivity index (χ3n) is 1.20. The second kappa shape index (κ2) is 5.66. The first-order chi connectivity index (χ1) is 4.63. The first-order valence-corrected chi connectivity index (χ1v) is 3.88. The number of hydrogen-bond acceptors (Lipinski definition) is 1. The molecule has 0 fully saturated rings. The highest BCUT2D eigenvalue weighted by Crippen LogP contribution is 2.01. The van der Waals surface area contributed by atoms with E-state index in [-0.39, 0.29) is 6.10 Å². The Hall–Kier alpha value is -0.110. The summed E-state index contributed by atoms with van der Waals surface area (Å²) in [4.78, 5) is 0. The van der Waals surface area contributed by atoms with Crippen molar-refractivity contribution in [2.75, 3.05) is 6.61 Å². The normalized spacial score (nSPS) is 14.1. The zero-order valence-electron chi connectivity index (χ0n) is 7.06. The summed E-state index contributed by atoms with van der Waals surface area (Å²) in [5, 5.41) is 0. The number of halogens is 1. The highest BCUT2D eigenvalue weighted by molar-refractivity contribution is 4.47. The lowest BCUT2D eigenvalue weighted by Crippen LogP contribution is -2.05. The Labute approximate surface area is 62.6 Å². The lowest BCUT2D eigenvalue weighted by molar-refractivity contribution is 0.0726. The van der Waals surface area contributed by atoms with Crippen molar-refractivity contribution >= 4 is 0 Å². The summed E-state index contributed by atoms with van der Waals surface area (Å²) in [6.07, 6.45) is 1.04. The molecule has 0 aromatic heterocycles. The summed E-state index contributed by atoms with van der Waals surface area (Å²) in [7, 11) is 0. The Balaban J connectivity index is 2.91. The molecule has 0 N–H and O–H groups in total. The second-order valence-corrected chi connectivity index (χ2v) is 2.84. The summed E-state index contributed by atoms with van der Waals surface area (Å²) in [5.41, 5.74) is 0. The Morgan fingerprint density at radius 2 is 1.90 bits per heavy atom. The van der Waals surface area contributed by atoms with Crippen LogP contribution in [-0.2, 0) is 4.74 Å². The fourth-order valence-corrected chi connectivity index (χ4v) is 0.684. The SMILES string of the molecule is CC(F)CCCOC(C)C. The van der Waals surface area contributed by atoms with E-state index in [0.29, 0.717) is 13.0 Å². The third-order valence-corrected chi connectivity index (χ3v) is 1.20. The molecule has 1 unspecified atom stereocenters. The van der Waals surface area contributed by atoms with Crippen LogP contribution in [0.2, 0.25) is 0 Å². The van der Waals surface area contributed by atoms with Crippen LogP contribution in [0.25, 0.3) is 0 Å². The molecule has 1 atom stereocenters. The number of ether oxygens (including phenoxy) is 1. The van der Waals surface area contributed by atoms with Gasteiger partial charge in [0, 0.05) is 6.61 Å². The van der Waals surface area contributed by atoms with Crippen LogP contribution in [0.3, 0.4) is 0 Å². The molecule has 0 aromatic carbocycles. The lowest BCUT2D eigenvalue weighted by Gasteiger charge is -2.06. The summed E-state index contributed by atoms with van der Waals surface area (Å²) >= 11 is 0. The van der Waals surface area contributed by atoms with Crippen molar-refractivity contribution in [3.63, 3.8) is 0 Å². The Morgan fingerprint density at radius 1 is 1.30 bits per heavy atom. The van der Waals surface area contributed by atoms with Gasteiger partial charge in [0.1, 0.15) is 0 Å². The van der Waals surface area contributed by atoms with Crippen molar-refractivity contribution in [2.45, 2.75) is 45.9 Å². The van der Waals surface area contributed by atoms with Crippen LogP contribution in [-0.4, -0.2) is 18.9 Å². The second-order valence-electron chi connectivity index (χ2n) is 2.84. The Morgan fingerprint density at radius 3 is 2.30 bits per heavy atom. The van der Waals surface area contributed by atoms with E-state index < -0.39 is 6.17 Å². The third kappa shape index (κ3) is 7.89. The largest absolute Gasteiger partial charge is 0.379 e. The molecule has 0 rings (SSSR count). The number of alkyl halides is 1. The fraction of sp³-hybridized carbons (Fsp3) is 1.00. The summed E-state index contributed by atoms with van der Waals surface area (Å²) in [5.74, 6) is 0. The Bertz CT molecular complexity index is 61.7. The minimum absolute atomic E-state index is 0.273. The summed E-state index contributed by atoms with van der Waals surface area (Å²) in [6, 6.07) is 0. The predicted octanol–water partition coefficient (Wildman–Crippen LogP) is 2.55. The number of hydrogen-bond donors (Lipinski definition) is 0. The van der Waals surface area contributed by atoms with E-state index >= 15 is 0 Å². The molecule has 0 saturated carbocycles. The van der Waals surface area contributed by atoms with E-state index in [0.717, 1.165) is 6.42 Å². The summed E-state index contributed by atoms with van der Waals surface area (Å²) in [6.45, 7) is 6.24. The molecule has 0 amide bonds. The van der Waals surface area contributed by atoms with Crippen LogP contribution in [0.15, 0.2) is 0 Å². The topological polar surface area (TPSA) is 9.23 Å². The molecule has 0 bridgehead atoms. The molecule has 0 aliphatic heterocycles. The van der Waals surface area contributed by atoms with Gasteiger partial charge in [-0.2, -0.15) is 0 Å². The molecule has 1 nitrogen and oxygen atoms in total. The average Bonchev–Trinajstić information content (AvgIpc) is 1.79. The van der Waals surface area contributed by atoms with Gasteiger partial charge in [-0.3, -0.25) is 0 Å². The van der Waals surface area contributed by atoms with Crippen molar-refractivity contribution in [1.29, 1.82) is 0 Å². The minimum Gasteiger partial charge on any atom is -0.379 e. The molecule has 62 valence electrons. The van der Waals surface area contributed by atoms with Crippen LogP contribution < -0.4 is 0 Å². The molecule has 0 heterocycles. The van der Waals surface area contributed by atoms with E-state index in [1.807, 2.05) is 13.8 Å². The van der Waals surface area contributed by atoms with Gasteiger partial charge in [-0.25, -0.2) is 4.39 Å². The van der Waals surface area contributed by atoms with Crippen molar-refractivity contribution in [3.05, 3.63) is 0 Å². The van der Waals surface area contributed by atoms with Crippen LogP contribution in [0.1, 0.15) is 33.6 Å². The lowest BCUT2D eigenvalue weighted by atomic mass is 10.2. The molecule has 2 heteroatoms. The van der Waals surface area contributed by atoms with E-state index in [2.05, 4.69) is 0 Å². The maximum Gasteiger partial charge on any atom is 0.0974 e. The standard InChI is InChI=1S/C8H17FO/c1-7(2)10-6-4-5-8(3)9/h7-8H,4-6H2,1-3H3. The van der Waals surface area contributed by atoms with Crippen LogP contribution in [0, 0.1) is 0 Å². The molecule has 0 aliphatic carbocycles. The molecule has 0 spiro atoms. The van der Waals surface area contributed by atoms with E-state index in [1.54, 1.807) is 6.92 Å². The fourth-order valence-electron chi connectivity index (χ4n) is 0.684.